The molecule has 3 aliphatic rings. The number of hydrogen-bond acceptors (Lipinski definition) is 3. The molecule has 1 aliphatic heterocycles. The lowest BCUT2D eigenvalue weighted by Gasteiger charge is -2.36. The SMILES string of the molecule is O=C(NCCC1CC2CCC1C2)C1(n2cccn2)CCNCC1. The maximum Gasteiger partial charge on any atom is 0.248 e. The minimum Gasteiger partial charge on any atom is -0.354 e. The first kappa shape index (κ1) is 15.2. The molecule has 3 unspecified atom stereocenters. The van der Waals surface area contributed by atoms with Crippen molar-refractivity contribution in [3.63, 3.8) is 0 Å². The van der Waals surface area contributed by atoms with Gasteiger partial charge in [-0.15, -0.1) is 0 Å². The van der Waals surface area contributed by atoms with Crippen LogP contribution in [0.4, 0.5) is 0 Å². The third-order valence-electron chi connectivity index (χ3n) is 6.48. The van der Waals surface area contributed by atoms with Crippen molar-refractivity contribution in [3.8, 4) is 0 Å². The highest BCUT2D eigenvalue weighted by Crippen LogP contribution is 2.49. The van der Waals surface area contributed by atoms with Gasteiger partial charge in [0.1, 0.15) is 5.54 Å². The van der Waals surface area contributed by atoms with Gasteiger partial charge in [-0.25, -0.2) is 0 Å². The van der Waals surface area contributed by atoms with Crippen LogP contribution in [0.25, 0.3) is 0 Å². The van der Waals surface area contributed by atoms with Gasteiger partial charge in [0.2, 0.25) is 5.91 Å². The second kappa shape index (κ2) is 6.27. The molecule has 0 spiro atoms. The maximum absolute atomic E-state index is 13.0. The molecule has 23 heavy (non-hydrogen) atoms. The molecule has 2 aliphatic carbocycles. The van der Waals surface area contributed by atoms with Crippen molar-refractivity contribution < 1.29 is 4.79 Å². The van der Waals surface area contributed by atoms with Crippen LogP contribution < -0.4 is 10.6 Å². The van der Waals surface area contributed by atoms with Gasteiger partial charge in [-0.2, -0.15) is 5.10 Å². The Morgan fingerprint density at radius 1 is 1.30 bits per heavy atom. The van der Waals surface area contributed by atoms with Crippen LogP contribution in [0.15, 0.2) is 18.5 Å². The molecule has 0 aromatic carbocycles. The predicted octanol–water partition coefficient (Wildman–Crippen LogP) is 1.90. The Morgan fingerprint density at radius 2 is 2.17 bits per heavy atom. The highest BCUT2D eigenvalue weighted by Gasteiger charge is 2.42. The van der Waals surface area contributed by atoms with E-state index in [1.165, 1.54) is 25.7 Å². The zero-order valence-corrected chi connectivity index (χ0v) is 13.8. The first-order valence-corrected chi connectivity index (χ1v) is 9.27. The molecule has 2 N–H and O–H groups in total. The molecule has 1 aromatic heterocycles. The Balaban J connectivity index is 1.36. The molecule has 1 amide bonds. The quantitative estimate of drug-likeness (QED) is 0.872. The average Bonchev–Trinajstić information content (AvgIpc) is 3.33. The topological polar surface area (TPSA) is 59.0 Å². The summed E-state index contributed by atoms with van der Waals surface area (Å²) in [6, 6.07) is 1.91. The molecule has 5 nitrogen and oxygen atoms in total. The number of nitrogens with one attached hydrogen (secondary N) is 2. The predicted molar refractivity (Wildman–Crippen MR) is 88.9 cm³/mol. The monoisotopic (exact) mass is 316 g/mol. The van der Waals surface area contributed by atoms with Crippen LogP contribution >= 0.6 is 0 Å². The number of aromatic nitrogens is 2. The lowest BCUT2D eigenvalue weighted by atomic mass is 9.85. The summed E-state index contributed by atoms with van der Waals surface area (Å²) in [7, 11) is 0. The summed E-state index contributed by atoms with van der Waals surface area (Å²) in [6.07, 6.45) is 12.2. The third-order valence-corrected chi connectivity index (χ3v) is 6.48. The van der Waals surface area contributed by atoms with E-state index in [9.17, 15) is 4.79 Å². The van der Waals surface area contributed by atoms with Crippen LogP contribution in [0.1, 0.15) is 44.9 Å². The summed E-state index contributed by atoms with van der Waals surface area (Å²) in [5.41, 5.74) is -0.497. The van der Waals surface area contributed by atoms with Gasteiger partial charge in [0.05, 0.1) is 0 Å². The van der Waals surface area contributed by atoms with E-state index in [-0.39, 0.29) is 5.91 Å². The second-order valence-electron chi connectivity index (χ2n) is 7.71. The molecule has 3 fully saturated rings. The van der Waals surface area contributed by atoms with E-state index >= 15 is 0 Å². The molecule has 2 heterocycles. The van der Waals surface area contributed by atoms with E-state index in [4.69, 9.17) is 0 Å². The average molecular weight is 316 g/mol. The van der Waals surface area contributed by atoms with Crippen molar-refractivity contribution in [3.05, 3.63) is 18.5 Å². The van der Waals surface area contributed by atoms with Crippen LogP contribution in [0.5, 0.6) is 0 Å². The number of rotatable bonds is 5. The van der Waals surface area contributed by atoms with Gasteiger partial charge in [0.15, 0.2) is 0 Å². The Morgan fingerprint density at radius 3 is 2.83 bits per heavy atom. The molecule has 4 rings (SSSR count). The molecule has 2 bridgehead atoms. The Bertz CT molecular complexity index is 535. The lowest BCUT2D eigenvalue weighted by Crippen LogP contribution is -2.54. The molecule has 1 saturated heterocycles. The van der Waals surface area contributed by atoms with E-state index in [0.29, 0.717) is 0 Å². The summed E-state index contributed by atoms with van der Waals surface area (Å²) in [5.74, 6) is 2.94. The Hall–Kier alpha value is -1.36. The van der Waals surface area contributed by atoms with Gasteiger partial charge in [-0.3, -0.25) is 9.48 Å². The largest absolute Gasteiger partial charge is 0.354 e. The van der Waals surface area contributed by atoms with Crippen LogP contribution in [-0.2, 0) is 10.3 Å². The molecular weight excluding hydrogens is 288 g/mol. The zero-order valence-electron chi connectivity index (χ0n) is 13.8. The number of piperidine rings is 1. The van der Waals surface area contributed by atoms with Gasteiger partial charge in [0, 0.05) is 18.9 Å². The number of carbonyl (C=O) groups excluding carboxylic acids is 1. The zero-order chi connectivity index (χ0) is 15.7. The molecule has 2 saturated carbocycles. The number of carbonyl (C=O) groups is 1. The summed E-state index contributed by atoms with van der Waals surface area (Å²) >= 11 is 0. The molecule has 1 aromatic rings. The second-order valence-corrected chi connectivity index (χ2v) is 7.71. The minimum atomic E-state index is -0.497. The maximum atomic E-state index is 13.0. The summed E-state index contributed by atoms with van der Waals surface area (Å²) < 4.78 is 1.88. The van der Waals surface area contributed by atoms with Gasteiger partial charge in [-0.05, 0) is 75.4 Å². The normalized spacial score (nSPS) is 32.1. The highest BCUT2D eigenvalue weighted by atomic mass is 16.2. The van der Waals surface area contributed by atoms with Crippen molar-refractivity contribution in [1.29, 1.82) is 0 Å². The van der Waals surface area contributed by atoms with Crippen molar-refractivity contribution in [1.82, 2.24) is 20.4 Å². The van der Waals surface area contributed by atoms with Crippen LogP contribution in [0.3, 0.4) is 0 Å². The van der Waals surface area contributed by atoms with E-state index in [0.717, 1.165) is 56.7 Å². The van der Waals surface area contributed by atoms with Crippen LogP contribution in [0, 0.1) is 17.8 Å². The van der Waals surface area contributed by atoms with Crippen molar-refractivity contribution >= 4 is 5.91 Å². The fourth-order valence-electron chi connectivity index (χ4n) is 5.19. The van der Waals surface area contributed by atoms with Gasteiger partial charge in [-0.1, -0.05) is 6.42 Å². The Kier molecular flexibility index (Phi) is 4.14. The standard InChI is InChI=1S/C18H28N4O/c23-17(20-8-4-16-13-14-2-3-15(16)12-14)18(5-9-19-10-6-18)22-11-1-7-21-22/h1,7,11,14-16,19H,2-6,8-10,12-13H2,(H,20,23). The molecule has 3 atom stereocenters. The molecule has 0 radical (unpaired) electrons. The number of nitrogens with zero attached hydrogens (tertiary/aromatic N) is 2. The van der Waals surface area contributed by atoms with Gasteiger partial charge >= 0.3 is 0 Å². The minimum absolute atomic E-state index is 0.158. The van der Waals surface area contributed by atoms with E-state index in [1.807, 2.05) is 16.9 Å². The summed E-state index contributed by atoms with van der Waals surface area (Å²) in [4.78, 5) is 13.0. The lowest BCUT2D eigenvalue weighted by molar-refractivity contribution is -0.132. The van der Waals surface area contributed by atoms with Gasteiger partial charge < -0.3 is 10.6 Å². The first-order valence-electron chi connectivity index (χ1n) is 9.27. The van der Waals surface area contributed by atoms with Crippen molar-refractivity contribution in [2.45, 2.75) is 50.5 Å². The van der Waals surface area contributed by atoms with Crippen molar-refractivity contribution in [2.24, 2.45) is 17.8 Å². The number of amides is 1. The van der Waals surface area contributed by atoms with Crippen LogP contribution in [0.2, 0.25) is 0 Å². The summed E-state index contributed by atoms with van der Waals surface area (Å²) in [5, 5.41) is 11.0. The van der Waals surface area contributed by atoms with E-state index < -0.39 is 5.54 Å². The Labute approximate surface area is 138 Å². The first-order chi connectivity index (χ1) is 11.3. The fourth-order valence-corrected chi connectivity index (χ4v) is 5.19. The van der Waals surface area contributed by atoms with E-state index in [1.54, 1.807) is 6.20 Å². The van der Waals surface area contributed by atoms with E-state index in [2.05, 4.69) is 15.7 Å². The summed E-state index contributed by atoms with van der Waals surface area (Å²) in [6.45, 7) is 2.57. The number of hydrogen-bond donors (Lipinski definition) is 2. The number of fused-ring (bicyclic) bond motifs is 2. The van der Waals surface area contributed by atoms with Gasteiger partial charge in [0.25, 0.3) is 0 Å². The molecule has 126 valence electrons. The third kappa shape index (κ3) is 2.80. The highest BCUT2D eigenvalue weighted by molar-refractivity contribution is 5.84. The van der Waals surface area contributed by atoms with Crippen LogP contribution in [-0.4, -0.2) is 35.3 Å². The molecular formula is C18H28N4O. The fraction of sp³-hybridized carbons (Fsp3) is 0.778. The molecule has 5 heteroatoms. The van der Waals surface area contributed by atoms with Crippen molar-refractivity contribution in [2.75, 3.05) is 19.6 Å². The smallest absolute Gasteiger partial charge is 0.248 e.